The molecule has 1 fully saturated rings. The molecule has 1 unspecified atom stereocenters. The van der Waals surface area contributed by atoms with Crippen molar-refractivity contribution in [2.45, 2.75) is 31.8 Å². The van der Waals surface area contributed by atoms with Gasteiger partial charge in [-0.2, -0.15) is 0 Å². The standard InChI is InChI=1S/C9H18N2S/c1-6-11-8(10-5)12-7(2)9(11,3)4/h8,10H,2,6H2,1,3-5H3. The Bertz CT molecular complexity index is 189. The van der Waals surface area contributed by atoms with Gasteiger partial charge in [0, 0.05) is 10.4 Å². The summed E-state index contributed by atoms with van der Waals surface area (Å²) in [5.41, 5.74) is 0.532. The number of nitrogens with zero attached hydrogens (tertiary/aromatic N) is 1. The highest BCUT2D eigenvalue weighted by Crippen LogP contribution is 2.43. The van der Waals surface area contributed by atoms with E-state index in [9.17, 15) is 0 Å². The van der Waals surface area contributed by atoms with Gasteiger partial charge in [0.25, 0.3) is 0 Å². The van der Waals surface area contributed by atoms with E-state index in [-0.39, 0.29) is 5.54 Å². The van der Waals surface area contributed by atoms with Gasteiger partial charge >= 0.3 is 0 Å². The maximum Gasteiger partial charge on any atom is 0.113 e. The molecular formula is C9H18N2S. The molecule has 0 aliphatic carbocycles. The summed E-state index contributed by atoms with van der Waals surface area (Å²) in [5, 5.41) is 3.28. The van der Waals surface area contributed by atoms with Crippen LogP contribution in [0.2, 0.25) is 0 Å². The van der Waals surface area contributed by atoms with Crippen molar-refractivity contribution in [3.63, 3.8) is 0 Å². The Labute approximate surface area is 79.4 Å². The molecule has 1 rings (SSSR count). The molecule has 0 radical (unpaired) electrons. The minimum atomic E-state index is 0.132. The fourth-order valence-electron chi connectivity index (χ4n) is 1.57. The molecule has 1 N–H and O–H groups in total. The third kappa shape index (κ3) is 1.41. The van der Waals surface area contributed by atoms with Crippen molar-refractivity contribution < 1.29 is 0 Å². The van der Waals surface area contributed by atoms with Crippen LogP contribution in [-0.4, -0.2) is 29.5 Å². The van der Waals surface area contributed by atoms with E-state index in [1.54, 1.807) is 0 Å². The van der Waals surface area contributed by atoms with Crippen LogP contribution in [0.4, 0.5) is 0 Å². The summed E-state index contributed by atoms with van der Waals surface area (Å²) >= 11 is 1.83. The minimum Gasteiger partial charge on any atom is -0.296 e. The largest absolute Gasteiger partial charge is 0.296 e. The third-order valence-corrected chi connectivity index (χ3v) is 4.02. The normalized spacial score (nSPS) is 29.7. The Morgan fingerprint density at radius 1 is 1.67 bits per heavy atom. The Morgan fingerprint density at radius 2 is 2.25 bits per heavy atom. The van der Waals surface area contributed by atoms with Crippen LogP contribution in [-0.2, 0) is 0 Å². The monoisotopic (exact) mass is 186 g/mol. The Balaban J connectivity index is 2.83. The maximum absolute atomic E-state index is 4.08. The third-order valence-electron chi connectivity index (χ3n) is 2.53. The average Bonchev–Trinajstić information content (AvgIpc) is 2.23. The molecule has 1 atom stereocenters. The maximum atomic E-state index is 4.08. The predicted octanol–water partition coefficient (Wildman–Crippen LogP) is 1.85. The quantitative estimate of drug-likeness (QED) is 0.708. The number of hydrogen-bond acceptors (Lipinski definition) is 3. The molecule has 0 spiro atoms. The molecule has 0 aromatic carbocycles. The summed E-state index contributed by atoms with van der Waals surface area (Å²) in [6.45, 7) is 11.8. The molecule has 0 aromatic heterocycles. The van der Waals surface area contributed by atoms with E-state index in [4.69, 9.17) is 0 Å². The number of nitrogens with one attached hydrogen (secondary N) is 1. The number of thioether (sulfide) groups is 1. The Hall–Kier alpha value is 0.01000. The molecule has 0 saturated carbocycles. The molecule has 0 bridgehead atoms. The van der Waals surface area contributed by atoms with Crippen molar-refractivity contribution in [3.8, 4) is 0 Å². The second kappa shape index (κ2) is 3.40. The number of likely N-dealkylation sites (N-methyl/N-ethyl adjacent to an activating group) is 1. The highest BCUT2D eigenvalue weighted by molar-refractivity contribution is 8.03. The lowest BCUT2D eigenvalue weighted by Crippen LogP contribution is -2.47. The van der Waals surface area contributed by atoms with Gasteiger partial charge in [-0.15, -0.1) is 0 Å². The van der Waals surface area contributed by atoms with E-state index in [1.807, 2.05) is 18.8 Å². The zero-order valence-corrected chi connectivity index (χ0v) is 9.16. The van der Waals surface area contributed by atoms with Crippen LogP contribution in [0.3, 0.4) is 0 Å². The van der Waals surface area contributed by atoms with Crippen LogP contribution in [0.5, 0.6) is 0 Å². The lowest BCUT2D eigenvalue weighted by Gasteiger charge is -2.33. The van der Waals surface area contributed by atoms with Gasteiger partial charge in [-0.25, -0.2) is 0 Å². The first-order valence-corrected chi connectivity index (χ1v) is 5.22. The lowest BCUT2D eigenvalue weighted by atomic mass is 10.0. The van der Waals surface area contributed by atoms with Crippen LogP contribution in [0, 0.1) is 0 Å². The predicted molar refractivity (Wildman–Crippen MR) is 56.0 cm³/mol. The van der Waals surface area contributed by atoms with E-state index in [0.29, 0.717) is 5.50 Å². The van der Waals surface area contributed by atoms with Crippen LogP contribution in [0.25, 0.3) is 0 Å². The molecule has 1 heterocycles. The van der Waals surface area contributed by atoms with Crippen LogP contribution >= 0.6 is 11.8 Å². The van der Waals surface area contributed by atoms with Crippen LogP contribution < -0.4 is 5.32 Å². The van der Waals surface area contributed by atoms with Crippen molar-refractivity contribution in [1.82, 2.24) is 10.2 Å². The van der Waals surface area contributed by atoms with Gasteiger partial charge in [-0.3, -0.25) is 10.2 Å². The van der Waals surface area contributed by atoms with Crippen molar-refractivity contribution in [2.24, 2.45) is 0 Å². The van der Waals surface area contributed by atoms with E-state index in [0.717, 1.165) is 6.54 Å². The van der Waals surface area contributed by atoms with Gasteiger partial charge < -0.3 is 0 Å². The second-order valence-corrected chi connectivity index (χ2v) is 4.70. The molecule has 12 heavy (non-hydrogen) atoms. The first-order valence-electron chi connectivity index (χ1n) is 4.34. The zero-order valence-electron chi connectivity index (χ0n) is 8.35. The second-order valence-electron chi connectivity index (χ2n) is 3.53. The summed E-state index contributed by atoms with van der Waals surface area (Å²) < 4.78 is 0. The van der Waals surface area contributed by atoms with E-state index >= 15 is 0 Å². The molecule has 1 saturated heterocycles. The van der Waals surface area contributed by atoms with E-state index in [1.165, 1.54) is 4.91 Å². The van der Waals surface area contributed by atoms with Crippen LogP contribution in [0.15, 0.2) is 11.5 Å². The fraction of sp³-hybridized carbons (Fsp3) is 0.778. The summed E-state index contributed by atoms with van der Waals surface area (Å²) in [7, 11) is 2.00. The molecule has 3 heteroatoms. The van der Waals surface area contributed by atoms with Gasteiger partial charge in [0.2, 0.25) is 0 Å². The van der Waals surface area contributed by atoms with Crippen molar-refractivity contribution in [2.75, 3.05) is 13.6 Å². The fourth-order valence-corrected chi connectivity index (χ4v) is 2.90. The van der Waals surface area contributed by atoms with E-state index in [2.05, 4.69) is 37.6 Å². The first kappa shape index (κ1) is 10.1. The van der Waals surface area contributed by atoms with Crippen molar-refractivity contribution >= 4 is 11.8 Å². The smallest absolute Gasteiger partial charge is 0.113 e. The summed E-state index contributed by atoms with van der Waals surface area (Å²) in [4.78, 5) is 3.67. The minimum absolute atomic E-state index is 0.132. The van der Waals surface area contributed by atoms with Crippen molar-refractivity contribution in [3.05, 3.63) is 11.5 Å². The molecular weight excluding hydrogens is 168 g/mol. The molecule has 1 aliphatic rings. The first-order chi connectivity index (χ1) is 5.54. The molecule has 0 aromatic rings. The molecule has 0 amide bonds. The Morgan fingerprint density at radius 3 is 2.58 bits per heavy atom. The molecule has 1 aliphatic heterocycles. The van der Waals surface area contributed by atoms with E-state index < -0.39 is 0 Å². The number of rotatable bonds is 2. The average molecular weight is 186 g/mol. The summed E-state index contributed by atoms with van der Waals surface area (Å²) in [6, 6.07) is 0. The lowest BCUT2D eigenvalue weighted by molar-refractivity contribution is 0.154. The highest BCUT2D eigenvalue weighted by atomic mass is 32.2. The highest BCUT2D eigenvalue weighted by Gasteiger charge is 2.41. The zero-order chi connectivity index (χ0) is 9.35. The SMILES string of the molecule is C=C1SC(NC)N(CC)C1(C)C. The topological polar surface area (TPSA) is 15.3 Å². The summed E-state index contributed by atoms with van der Waals surface area (Å²) in [5.74, 6) is 0. The van der Waals surface area contributed by atoms with Gasteiger partial charge in [-0.05, 0) is 27.4 Å². The summed E-state index contributed by atoms with van der Waals surface area (Å²) in [6.07, 6.45) is 0. The van der Waals surface area contributed by atoms with Crippen LogP contribution in [0.1, 0.15) is 20.8 Å². The van der Waals surface area contributed by atoms with Gasteiger partial charge in [0.1, 0.15) is 5.50 Å². The van der Waals surface area contributed by atoms with Gasteiger partial charge in [0.15, 0.2) is 0 Å². The Kier molecular flexibility index (Phi) is 2.86. The molecule has 2 nitrogen and oxygen atoms in total. The van der Waals surface area contributed by atoms with Gasteiger partial charge in [0.05, 0.1) is 0 Å². The molecule has 70 valence electrons. The van der Waals surface area contributed by atoms with Crippen molar-refractivity contribution in [1.29, 1.82) is 0 Å². The number of hydrogen-bond donors (Lipinski definition) is 1. The van der Waals surface area contributed by atoms with Gasteiger partial charge in [-0.1, -0.05) is 25.3 Å².